The van der Waals surface area contributed by atoms with E-state index in [9.17, 15) is 9.59 Å². The number of fused-ring (bicyclic) bond motifs is 1. The first-order valence-electron chi connectivity index (χ1n) is 9.05. The quantitative estimate of drug-likeness (QED) is 0.660. The minimum Gasteiger partial charge on any atom is -0.497 e. The molecule has 1 N–H and O–H groups in total. The van der Waals surface area contributed by atoms with E-state index in [0.29, 0.717) is 18.5 Å². The summed E-state index contributed by atoms with van der Waals surface area (Å²) >= 11 is 0. The maximum Gasteiger partial charge on any atom is 0.337 e. The van der Waals surface area contributed by atoms with Gasteiger partial charge >= 0.3 is 5.97 Å². The average molecular weight is 377 g/mol. The van der Waals surface area contributed by atoms with Gasteiger partial charge < -0.3 is 14.8 Å². The summed E-state index contributed by atoms with van der Waals surface area (Å²) in [6.07, 6.45) is 0.706. The fourth-order valence-corrected chi connectivity index (χ4v) is 3.20. The van der Waals surface area contributed by atoms with Crippen LogP contribution in [0.5, 0.6) is 5.75 Å². The summed E-state index contributed by atoms with van der Waals surface area (Å²) < 4.78 is 10.1. The summed E-state index contributed by atoms with van der Waals surface area (Å²) in [4.78, 5) is 22.9. The molecule has 5 nitrogen and oxygen atoms in total. The molecule has 0 atom stereocenters. The van der Waals surface area contributed by atoms with E-state index in [2.05, 4.69) is 17.4 Å². The van der Waals surface area contributed by atoms with E-state index in [0.717, 1.165) is 33.2 Å². The third-order valence-electron chi connectivity index (χ3n) is 4.65. The van der Waals surface area contributed by atoms with Crippen molar-refractivity contribution in [3.8, 4) is 16.9 Å². The zero-order valence-electron chi connectivity index (χ0n) is 16.2. The molecule has 3 aromatic rings. The Morgan fingerprint density at radius 1 is 0.929 bits per heavy atom. The molecule has 0 aliphatic heterocycles. The van der Waals surface area contributed by atoms with Crippen molar-refractivity contribution in [1.29, 1.82) is 0 Å². The second kappa shape index (κ2) is 8.57. The predicted octanol–water partition coefficient (Wildman–Crippen LogP) is 3.98. The van der Waals surface area contributed by atoms with Crippen molar-refractivity contribution >= 4 is 22.6 Å². The van der Waals surface area contributed by atoms with Gasteiger partial charge in [-0.2, -0.15) is 0 Å². The molecule has 1 amide bonds. The highest BCUT2D eigenvalue weighted by Gasteiger charge is 2.10. The molecule has 0 aromatic heterocycles. The van der Waals surface area contributed by atoms with E-state index in [1.54, 1.807) is 19.2 Å². The third-order valence-corrected chi connectivity index (χ3v) is 4.65. The van der Waals surface area contributed by atoms with Crippen LogP contribution in [0.3, 0.4) is 0 Å². The van der Waals surface area contributed by atoms with Crippen molar-refractivity contribution < 1.29 is 19.1 Å². The normalized spacial score (nSPS) is 10.5. The van der Waals surface area contributed by atoms with Gasteiger partial charge in [0, 0.05) is 13.5 Å². The number of rotatable bonds is 6. The lowest BCUT2D eigenvalue weighted by Crippen LogP contribution is -2.22. The van der Waals surface area contributed by atoms with Gasteiger partial charge in [-0.1, -0.05) is 24.3 Å². The molecule has 5 heteroatoms. The number of carbonyl (C=O) groups excluding carboxylic acids is 2. The molecule has 0 saturated carbocycles. The molecular formula is C23H23NO4. The van der Waals surface area contributed by atoms with E-state index in [1.165, 1.54) is 14.0 Å². The molecule has 0 saturated heterocycles. The zero-order valence-corrected chi connectivity index (χ0v) is 16.2. The number of hydrogen-bond donors (Lipinski definition) is 1. The molecule has 28 heavy (non-hydrogen) atoms. The number of esters is 1. The number of methoxy groups -OCH3 is 2. The van der Waals surface area contributed by atoms with Crippen molar-refractivity contribution in [3.05, 3.63) is 65.7 Å². The van der Waals surface area contributed by atoms with Crippen molar-refractivity contribution in [2.75, 3.05) is 20.8 Å². The second-order valence-electron chi connectivity index (χ2n) is 6.52. The van der Waals surface area contributed by atoms with Gasteiger partial charge in [-0.3, -0.25) is 4.79 Å². The van der Waals surface area contributed by atoms with Gasteiger partial charge in [-0.25, -0.2) is 4.79 Å². The van der Waals surface area contributed by atoms with Crippen LogP contribution in [0, 0.1) is 0 Å². The van der Waals surface area contributed by atoms with Crippen LogP contribution in [-0.4, -0.2) is 32.6 Å². The first-order valence-corrected chi connectivity index (χ1v) is 9.05. The minimum absolute atomic E-state index is 0.0450. The lowest BCUT2D eigenvalue weighted by Gasteiger charge is -2.13. The highest BCUT2D eigenvalue weighted by atomic mass is 16.5. The molecule has 0 radical (unpaired) electrons. The second-order valence-corrected chi connectivity index (χ2v) is 6.52. The first-order chi connectivity index (χ1) is 13.5. The number of benzene rings is 3. The number of ether oxygens (including phenoxy) is 2. The molecule has 0 aliphatic carbocycles. The minimum atomic E-state index is -0.354. The molecule has 0 fully saturated rings. The Balaban J connectivity index is 2.02. The summed E-state index contributed by atoms with van der Waals surface area (Å²) in [6.45, 7) is 2.08. The SMILES string of the molecule is COC(=O)c1ccc(-c2cc(CCNC(C)=O)c3cc(OC)ccc3c2)cc1. The van der Waals surface area contributed by atoms with Crippen LogP contribution < -0.4 is 10.1 Å². The Morgan fingerprint density at radius 3 is 2.32 bits per heavy atom. The van der Waals surface area contributed by atoms with E-state index < -0.39 is 0 Å². The lowest BCUT2D eigenvalue weighted by atomic mass is 9.94. The third kappa shape index (κ3) is 4.31. The van der Waals surface area contributed by atoms with E-state index in [4.69, 9.17) is 9.47 Å². The van der Waals surface area contributed by atoms with Gasteiger partial charge in [-0.05, 0) is 64.2 Å². The van der Waals surface area contributed by atoms with Gasteiger partial charge in [0.05, 0.1) is 19.8 Å². The highest BCUT2D eigenvalue weighted by molar-refractivity contribution is 5.93. The molecular weight excluding hydrogens is 354 g/mol. The van der Waals surface area contributed by atoms with E-state index in [1.807, 2.05) is 30.3 Å². The molecule has 0 aliphatic rings. The standard InChI is InChI=1S/C23H23NO4/c1-15(25)24-11-10-19-13-20(12-18-8-9-21(27-2)14-22(18)19)16-4-6-17(7-5-16)23(26)28-3/h4-9,12-14H,10-11H2,1-3H3,(H,24,25). The molecule has 0 spiro atoms. The van der Waals surface area contributed by atoms with Gasteiger partial charge in [0.1, 0.15) is 5.75 Å². The number of amides is 1. The fourth-order valence-electron chi connectivity index (χ4n) is 3.20. The zero-order chi connectivity index (χ0) is 20.1. The number of hydrogen-bond acceptors (Lipinski definition) is 4. The smallest absolute Gasteiger partial charge is 0.337 e. The first kappa shape index (κ1) is 19.4. The summed E-state index contributed by atoms with van der Waals surface area (Å²) in [6, 6.07) is 17.6. The van der Waals surface area contributed by atoms with Crippen molar-refractivity contribution in [1.82, 2.24) is 5.32 Å². The Morgan fingerprint density at radius 2 is 1.68 bits per heavy atom. The lowest BCUT2D eigenvalue weighted by molar-refractivity contribution is -0.118. The van der Waals surface area contributed by atoms with Crippen LogP contribution in [0.4, 0.5) is 0 Å². The van der Waals surface area contributed by atoms with E-state index >= 15 is 0 Å². The Kier molecular flexibility index (Phi) is 5.94. The van der Waals surface area contributed by atoms with Crippen LogP contribution in [0.25, 0.3) is 21.9 Å². The van der Waals surface area contributed by atoms with Crippen molar-refractivity contribution in [3.63, 3.8) is 0 Å². The Bertz CT molecular complexity index is 1010. The number of carbonyl (C=O) groups is 2. The van der Waals surface area contributed by atoms with Crippen LogP contribution in [0.15, 0.2) is 54.6 Å². The molecule has 144 valence electrons. The largest absolute Gasteiger partial charge is 0.497 e. The molecule has 3 aromatic carbocycles. The summed E-state index contributed by atoms with van der Waals surface area (Å²) in [5.74, 6) is 0.396. The average Bonchev–Trinajstić information content (AvgIpc) is 2.72. The summed E-state index contributed by atoms with van der Waals surface area (Å²) in [7, 11) is 3.02. The van der Waals surface area contributed by atoms with Crippen LogP contribution in [0.1, 0.15) is 22.8 Å². The molecule has 0 unspecified atom stereocenters. The number of nitrogens with one attached hydrogen (secondary N) is 1. The van der Waals surface area contributed by atoms with E-state index in [-0.39, 0.29) is 11.9 Å². The van der Waals surface area contributed by atoms with Crippen LogP contribution in [0.2, 0.25) is 0 Å². The van der Waals surface area contributed by atoms with Gasteiger partial charge in [0.2, 0.25) is 5.91 Å². The summed E-state index contributed by atoms with van der Waals surface area (Å²) in [5, 5.41) is 5.04. The van der Waals surface area contributed by atoms with Gasteiger partial charge in [0.15, 0.2) is 0 Å². The monoisotopic (exact) mass is 377 g/mol. The summed E-state index contributed by atoms with van der Waals surface area (Å²) in [5.41, 5.74) is 3.69. The Labute approximate surface area is 164 Å². The Hall–Kier alpha value is -3.34. The topological polar surface area (TPSA) is 64.6 Å². The van der Waals surface area contributed by atoms with Gasteiger partial charge in [0.25, 0.3) is 0 Å². The maximum absolute atomic E-state index is 11.7. The molecule has 3 rings (SSSR count). The highest BCUT2D eigenvalue weighted by Crippen LogP contribution is 2.31. The fraction of sp³-hybridized carbons (Fsp3) is 0.217. The molecule has 0 bridgehead atoms. The molecule has 0 heterocycles. The van der Waals surface area contributed by atoms with Gasteiger partial charge in [-0.15, -0.1) is 0 Å². The van der Waals surface area contributed by atoms with Crippen LogP contribution in [-0.2, 0) is 16.0 Å². The van der Waals surface area contributed by atoms with Crippen molar-refractivity contribution in [2.45, 2.75) is 13.3 Å². The van der Waals surface area contributed by atoms with Crippen LogP contribution >= 0.6 is 0 Å². The predicted molar refractivity (Wildman–Crippen MR) is 110 cm³/mol. The van der Waals surface area contributed by atoms with Crippen molar-refractivity contribution in [2.24, 2.45) is 0 Å². The maximum atomic E-state index is 11.7.